The van der Waals surface area contributed by atoms with Crippen molar-refractivity contribution in [1.29, 1.82) is 0 Å². The van der Waals surface area contributed by atoms with Crippen molar-refractivity contribution in [2.75, 3.05) is 0 Å². The van der Waals surface area contributed by atoms with Crippen molar-refractivity contribution in [3.05, 3.63) is 24.3 Å². The van der Waals surface area contributed by atoms with E-state index >= 15 is 0 Å². The monoisotopic (exact) mass is 142 g/mol. The minimum absolute atomic E-state index is 0. The zero-order chi connectivity index (χ0) is 6.69. The van der Waals surface area contributed by atoms with E-state index in [4.69, 9.17) is 0 Å². The Hall–Kier alpha value is -0.990. The molecule has 0 saturated carbocycles. The Balaban J connectivity index is 0.000000810. The van der Waals surface area contributed by atoms with E-state index in [1.165, 1.54) is 0 Å². The van der Waals surface area contributed by atoms with Crippen molar-refractivity contribution in [2.24, 2.45) is 0 Å². The number of hydrogen-bond donors (Lipinski definition) is 0. The Labute approximate surface area is 59.7 Å². The second-order valence-electron chi connectivity index (χ2n) is 2.26. The standard InChI is InChI=1S/C7H10N2.FH/c1-6(2)7-8-4-3-5-9-7;/h3-6H,1-2H3;1H. The van der Waals surface area contributed by atoms with Crippen LogP contribution in [0, 0.1) is 0 Å². The van der Waals surface area contributed by atoms with E-state index in [-0.39, 0.29) is 4.70 Å². The molecule has 0 aliphatic carbocycles. The van der Waals surface area contributed by atoms with Crippen LogP contribution in [-0.2, 0) is 0 Å². The van der Waals surface area contributed by atoms with E-state index in [0.29, 0.717) is 5.92 Å². The zero-order valence-electron chi connectivity index (χ0n) is 6.11. The van der Waals surface area contributed by atoms with Crippen molar-refractivity contribution < 1.29 is 4.70 Å². The van der Waals surface area contributed by atoms with E-state index in [1.54, 1.807) is 12.4 Å². The number of nitrogens with zero attached hydrogens (tertiary/aromatic N) is 2. The maximum atomic E-state index is 4.07. The summed E-state index contributed by atoms with van der Waals surface area (Å²) in [5.74, 6) is 1.35. The molecule has 1 aromatic rings. The van der Waals surface area contributed by atoms with E-state index in [2.05, 4.69) is 23.8 Å². The van der Waals surface area contributed by atoms with Gasteiger partial charge in [0, 0.05) is 18.3 Å². The lowest BCUT2D eigenvalue weighted by Gasteiger charge is -1.98. The van der Waals surface area contributed by atoms with Crippen molar-refractivity contribution in [3.8, 4) is 0 Å². The van der Waals surface area contributed by atoms with Crippen molar-refractivity contribution in [2.45, 2.75) is 19.8 Å². The van der Waals surface area contributed by atoms with Gasteiger partial charge in [-0.05, 0) is 6.07 Å². The largest absolute Gasteiger partial charge is 0.269 e. The average molecular weight is 142 g/mol. The highest BCUT2D eigenvalue weighted by atomic mass is 19.0. The third kappa shape index (κ3) is 2.09. The first-order valence-corrected chi connectivity index (χ1v) is 3.07. The maximum Gasteiger partial charge on any atom is 0.130 e. The fourth-order valence-corrected chi connectivity index (χ4v) is 0.609. The van der Waals surface area contributed by atoms with Crippen LogP contribution in [0.15, 0.2) is 18.5 Å². The fourth-order valence-electron chi connectivity index (χ4n) is 0.609. The van der Waals surface area contributed by atoms with Gasteiger partial charge < -0.3 is 0 Å². The van der Waals surface area contributed by atoms with Gasteiger partial charge in [-0.25, -0.2) is 9.97 Å². The van der Waals surface area contributed by atoms with Gasteiger partial charge in [0.25, 0.3) is 0 Å². The Morgan fingerprint density at radius 2 is 1.70 bits per heavy atom. The highest BCUT2D eigenvalue weighted by molar-refractivity contribution is 4.92. The zero-order valence-corrected chi connectivity index (χ0v) is 6.11. The van der Waals surface area contributed by atoms with Crippen LogP contribution in [0.4, 0.5) is 4.70 Å². The molecule has 10 heavy (non-hydrogen) atoms. The van der Waals surface area contributed by atoms with Gasteiger partial charge in [-0.15, -0.1) is 0 Å². The molecule has 0 amide bonds. The molecule has 0 N–H and O–H groups in total. The molecule has 56 valence electrons. The van der Waals surface area contributed by atoms with Crippen molar-refractivity contribution >= 4 is 0 Å². The minimum Gasteiger partial charge on any atom is -0.269 e. The highest BCUT2D eigenvalue weighted by Gasteiger charge is 1.97. The molecule has 0 bridgehead atoms. The molecular formula is C7H11FN2. The Morgan fingerprint density at radius 3 is 2.00 bits per heavy atom. The summed E-state index contributed by atoms with van der Waals surface area (Å²) in [7, 11) is 0. The molecule has 1 heterocycles. The van der Waals surface area contributed by atoms with Gasteiger partial charge in [0.2, 0.25) is 0 Å². The van der Waals surface area contributed by atoms with Crippen molar-refractivity contribution in [1.82, 2.24) is 9.97 Å². The van der Waals surface area contributed by atoms with Gasteiger partial charge in [-0.1, -0.05) is 13.8 Å². The van der Waals surface area contributed by atoms with Crippen LogP contribution < -0.4 is 0 Å². The minimum atomic E-state index is 0. The highest BCUT2D eigenvalue weighted by Crippen LogP contribution is 2.04. The summed E-state index contributed by atoms with van der Waals surface area (Å²) in [5.41, 5.74) is 0. The average Bonchev–Trinajstić information content (AvgIpc) is 1.90. The molecule has 2 nitrogen and oxygen atoms in total. The van der Waals surface area contributed by atoms with Gasteiger partial charge in [0.15, 0.2) is 0 Å². The summed E-state index contributed by atoms with van der Waals surface area (Å²) in [6.45, 7) is 4.16. The summed E-state index contributed by atoms with van der Waals surface area (Å²) in [6.07, 6.45) is 3.53. The second kappa shape index (κ2) is 3.93. The molecule has 0 aromatic carbocycles. The van der Waals surface area contributed by atoms with Gasteiger partial charge in [-0.3, -0.25) is 4.70 Å². The number of rotatable bonds is 1. The van der Waals surface area contributed by atoms with Crippen LogP contribution in [0.2, 0.25) is 0 Å². The number of aromatic nitrogens is 2. The van der Waals surface area contributed by atoms with Crippen LogP contribution in [0.1, 0.15) is 25.6 Å². The first-order valence-electron chi connectivity index (χ1n) is 3.07. The summed E-state index contributed by atoms with van der Waals surface area (Å²) in [6, 6.07) is 1.83. The first kappa shape index (κ1) is 9.01. The first-order chi connectivity index (χ1) is 4.30. The predicted molar refractivity (Wildman–Crippen MR) is 38.6 cm³/mol. The Kier molecular flexibility index (Phi) is 3.54. The molecule has 0 radical (unpaired) electrons. The summed E-state index contributed by atoms with van der Waals surface area (Å²) in [5, 5.41) is 0. The molecule has 0 aliphatic heterocycles. The van der Waals surface area contributed by atoms with Gasteiger partial charge in [-0.2, -0.15) is 0 Å². The van der Waals surface area contributed by atoms with Crippen LogP contribution in [-0.4, -0.2) is 9.97 Å². The third-order valence-corrected chi connectivity index (χ3v) is 1.10. The van der Waals surface area contributed by atoms with E-state index in [0.717, 1.165) is 5.82 Å². The molecule has 0 unspecified atom stereocenters. The molecule has 0 atom stereocenters. The Morgan fingerprint density at radius 1 is 1.20 bits per heavy atom. The number of hydrogen-bond acceptors (Lipinski definition) is 2. The lowest BCUT2D eigenvalue weighted by molar-refractivity contribution is 0.774. The second-order valence-corrected chi connectivity index (χ2v) is 2.26. The molecule has 0 aliphatic rings. The van der Waals surface area contributed by atoms with Crippen molar-refractivity contribution in [3.63, 3.8) is 0 Å². The van der Waals surface area contributed by atoms with Crippen LogP contribution in [0.25, 0.3) is 0 Å². The van der Waals surface area contributed by atoms with Crippen LogP contribution >= 0.6 is 0 Å². The lowest BCUT2D eigenvalue weighted by atomic mass is 10.2. The summed E-state index contributed by atoms with van der Waals surface area (Å²) < 4.78 is 0. The van der Waals surface area contributed by atoms with E-state index in [1.807, 2.05) is 6.07 Å². The fraction of sp³-hybridized carbons (Fsp3) is 0.429. The molecule has 1 aromatic heterocycles. The SMILES string of the molecule is CC(C)c1ncccn1.F. The quantitative estimate of drug-likeness (QED) is 0.597. The van der Waals surface area contributed by atoms with Crippen LogP contribution in [0.3, 0.4) is 0 Å². The topological polar surface area (TPSA) is 25.8 Å². The normalized spacial score (nSPS) is 9.10. The van der Waals surface area contributed by atoms with Crippen LogP contribution in [0.5, 0.6) is 0 Å². The van der Waals surface area contributed by atoms with Gasteiger partial charge >= 0.3 is 0 Å². The van der Waals surface area contributed by atoms with E-state index < -0.39 is 0 Å². The molecule has 0 saturated heterocycles. The van der Waals surface area contributed by atoms with Gasteiger partial charge in [0.05, 0.1) is 0 Å². The molecular weight excluding hydrogens is 131 g/mol. The molecule has 0 spiro atoms. The predicted octanol–water partition coefficient (Wildman–Crippen LogP) is 1.75. The summed E-state index contributed by atoms with van der Waals surface area (Å²) in [4.78, 5) is 8.13. The summed E-state index contributed by atoms with van der Waals surface area (Å²) >= 11 is 0. The maximum absolute atomic E-state index is 4.07. The van der Waals surface area contributed by atoms with Gasteiger partial charge in [0.1, 0.15) is 5.82 Å². The molecule has 0 fully saturated rings. The molecule has 1 rings (SSSR count). The third-order valence-electron chi connectivity index (χ3n) is 1.10. The molecule has 3 heteroatoms. The van der Waals surface area contributed by atoms with E-state index in [9.17, 15) is 0 Å². The lowest BCUT2D eigenvalue weighted by Crippen LogP contribution is -1.93. The number of halogens is 1. The smallest absolute Gasteiger partial charge is 0.130 e. The Bertz CT molecular complexity index is 174.